The van der Waals surface area contributed by atoms with Gasteiger partial charge in [-0.25, -0.2) is 4.98 Å². The van der Waals surface area contributed by atoms with E-state index in [0.717, 1.165) is 44.5 Å². The first-order valence-electron chi connectivity index (χ1n) is 7.54. The van der Waals surface area contributed by atoms with E-state index in [1.807, 2.05) is 6.07 Å². The standard InChI is InChI=1S/C16H21N3O/c1-19-8-6-14(7-9-19)20-16-13(11-17)10-12-4-2-3-5-15(12)18-16/h10,14H,2-9H2,1H3. The number of piperidine rings is 1. The maximum Gasteiger partial charge on any atom is 0.232 e. The zero-order valence-electron chi connectivity index (χ0n) is 12.1. The minimum atomic E-state index is 0.201. The van der Waals surface area contributed by atoms with Crippen molar-refractivity contribution in [2.24, 2.45) is 0 Å². The number of aryl methyl sites for hydroxylation is 2. The van der Waals surface area contributed by atoms with Crippen LogP contribution in [0.5, 0.6) is 5.88 Å². The predicted molar refractivity (Wildman–Crippen MR) is 76.7 cm³/mol. The third kappa shape index (κ3) is 2.78. The van der Waals surface area contributed by atoms with E-state index in [1.54, 1.807) is 0 Å². The summed E-state index contributed by atoms with van der Waals surface area (Å²) in [5.41, 5.74) is 2.98. The van der Waals surface area contributed by atoms with Gasteiger partial charge < -0.3 is 9.64 Å². The third-order valence-corrected chi connectivity index (χ3v) is 4.33. The van der Waals surface area contributed by atoms with Crippen molar-refractivity contribution in [3.8, 4) is 11.9 Å². The molecule has 1 fully saturated rings. The first-order valence-corrected chi connectivity index (χ1v) is 7.54. The monoisotopic (exact) mass is 271 g/mol. The number of nitrogens with zero attached hydrogens (tertiary/aromatic N) is 3. The van der Waals surface area contributed by atoms with Crippen molar-refractivity contribution in [2.75, 3.05) is 20.1 Å². The molecule has 1 aromatic rings. The van der Waals surface area contributed by atoms with Crippen molar-refractivity contribution in [2.45, 2.75) is 44.6 Å². The Balaban J connectivity index is 1.80. The first kappa shape index (κ1) is 13.4. The van der Waals surface area contributed by atoms with E-state index in [1.165, 1.54) is 18.4 Å². The molecule has 0 atom stereocenters. The molecule has 0 spiro atoms. The summed E-state index contributed by atoms with van der Waals surface area (Å²) in [4.78, 5) is 6.95. The van der Waals surface area contributed by atoms with Gasteiger partial charge in [0.05, 0.1) is 0 Å². The van der Waals surface area contributed by atoms with Crippen LogP contribution >= 0.6 is 0 Å². The Kier molecular flexibility index (Phi) is 3.88. The highest BCUT2D eigenvalue weighted by molar-refractivity contribution is 5.43. The molecule has 1 aromatic heterocycles. The van der Waals surface area contributed by atoms with Crippen LogP contribution in [0.15, 0.2) is 6.07 Å². The van der Waals surface area contributed by atoms with Crippen molar-refractivity contribution in [3.63, 3.8) is 0 Å². The Labute approximate surface area is 120 Å². The summed E-state index contributed by atoms with van der Waals surface area (Å²) < 4.78 is 6.03. The molecule has 2 aliphatic rings. The Morgan fingerprint density at radius 2 is 2.05 bits per heavy atom. The van der Waals surface area contributed by atoms with Crippen LogP contribution < -0.4 is 4.74 Å². The minimum Gasteiger partial charge on any atom is -0.473 e. The summed E-state index contributed by atoms with van der Waals surface area (Å²) in [5, 5.41) is 9.31. The lowest BCUT2D eigenvalue weighted by molar-refractivity contribution is 0.109. The third-order valence-electron chi connectivity index (χ3n) is 4.33. The van der Waals surface area contributed by atoms with Gasteiger partial charge in [-0.15, -0.1) is 0 Å². The predicted octanol–water partition coefficient (Wildman–Crippen LogP) is 2.31. The number of likely N-dealkylation sites (tertiary alicyclic amines) is 1. The van der Waals surface area contributed by atoms with Gasteiger partial charge in [0.15, 0.2) is 0 Å². The van der Waals surface area contributed by atoms with Gasteiger partial charge in [0, 0.05) is 18.8 Å². The minimum absolute atomic E-state index is 0.201. The van der Waals surface area contributed by atoms with E-state index in [-0.39, 0.29) is 6.10 Å². The van der Waals surface area contributed by atoms with Crippen molar-refractivity contribution in [1.82, 2.24) is 9.88 Å². The van der Waals surface area contributed by atoms with Crippen LogP contribution in [0, 0.1) is 11.3 Å². The molecule has 0 unspecified atom stereocenters. The van der Waals surface area contributed by atoms with Crippen LogP contribution in [-0.2, 0) is 12.8 Å². The molecule has 0 radical (unpaired) electrons. The van der Waals surface area contributed by atoms with Gasteiger partial charge in [-0.05, 0) is 57.2 Å². The van der Waals surface area contributed by atoms with E-state index in [0.29, 0.717) is 11.4 Å². The van der Waals surface area contributed by atoms with Crippen molar-refractivity contribution in [1.29, 1.82) is 5.26 Å². The lowest BCUT2D eigenvalue weighted by Crippen LogP contribution is -2.36. The number of nitriles is 1. The molecule has 4 heteroatoms. The Bertz CT molecular complexity index is 527. The molecule has 20 heavy (non-hydrogen) atoms. The van der Waals surface area contributed by atoms with E-state index < -0.39 is 0 Å². The van der Waals surface area contributed by atoms with Gasteiger partial charge in [0.1, 0.15) is 17.7 Å². The second-order valence-corrected chi connectivity index (χ2v) is 5.89. The van der Waals surface area contributed by atoms with Crippen LogP contribution in [0.3, 0.4) is 0 Å². The van der Waals surface area contributed by atoms with Gasteiger partial charge in [-0.3, -0.25) is 0 Å². The van der Waals surface area contributed by atoms with E-state index in [2.05, 4.69) is 23.0 Å². The summed E-state index contributed by atoms with van der Waals surface area (Å²) >= 11 is 0. The van der Waals surface area contributed by atoms with Crippen LogP contribution in [0.2, 0.25) is 0 Å². The van der Waals surface area contributed by atoms with E-state index in [4.69, 9.17) is 4.74 Å². The van der Waals surface area contributed by atoms with Crippen molar-refractivity contribution >= 4 is 0 Å². The first-order chi connectivity index (χ1) is 9.76. The summed E-state index contributed by atoms with van der Waals surface area (Å²) in [6.07, 6.45) is 6.69. The molecule has 1 aliphatic carbocycles. The summed E-state index contributed by atoms with van der Waals surface area (Å²) in [5.74, 6) is 0.558. The molecule has 2 heterocycles. The van der Waals surface area contributed by atoms with Gasteiger partial charge in [-0.1, -0.05) is 0 Å². The van der Waals surface area contributed by atoms with Crippen LogP contribution in [0.4, 0.5) is 0 Å². The van der Waals surface area contributed by atoms with Gasteiger partial charge in [0.2, 0.25) is 5.88 Å². The molecule has 0 aromatic carbocycles. The molecule has 0 amide bonds. The van der Waals surface area contributed by atoms with Gasteiger partial charge in [-0.2, -0.15) is 5.26 Å². The number of hydrogen-bond donors (Lipinski definition) is 0. The fourth-order valence-electron chi connectivity index (χ4n) is 3.05. The average molecular weight is 271 g/mol. The molecule has 1 aliphatic heterocycles. The molecular weight excluding hydrogens is 250 g/mol. The molecule has 0 saturated carbocycles. The number of ether oxygens (including phenoxy) is 1. The zero-order valence-corrected chi connectivity index (χ0v) is 12.1. The fourth-order valence-corrected chi connectivity index (χ4v) is 3.05. The summed E-state index contributed by atoms with van der Waals surface area (Å²) in [6.45, 7) is 2.11. The molecule has 106 valence electrons. The lowest BCUT2D eigenvalue weighted by Gasteiger charge is -2.29. The number of hydrogen-bond acceptors (Lipinski definition) is 4. The van der Waals surface area contributed by atoms with Crippen LogP contribution in [0.25, 0.3) is 0 Å². The molecule has 1 saturated heterocycles. The SMILES string of the molecule is CN1CCC(Oc2nc3c(cc2C#N)CCCC3)CC1. The zero-order chi connectivity index (χ0) is 13.9. The highest BCUT2D eigenvalue weighted by Gasteiger charge is 2.22. The van der Waals surface area contributed by atoms with Crippen LogP contribution in [-0.4, -0.2) is 36.1 Å². The van der Waals surface area contributed by atoms with E-state index in [9.17, 15) is 5.26 Å². The normalized spacial score (nSPS) is 20.2. The molecule has 4 nitrogen and oxygen atoms in total. The Morgan fingerprint density at radius 1 is 1.30 bits per heavy atom. The highest BCUT2D eigenvalue weighted by atomic mass is 16.5. The molecule has 0 bridgehead atoms. The second-order valence-electron chi connectivity index (χ2n) is 5.89. The van der Waals surface area contributed by atoms with Crippen LogP contribution in [0.1, 0.15) is 42.5 Å². The largest absolute Gasteiger partial charge is 0.473 e. The molecule has 3 rings (SSSR count). The Morgan fingerprint density at radius 3 is 2.80 bits per heavy atom. The highest BCUT2D eigenvalue weighted by Crippen LogP contribution is 2.27. The fraction of sp³-hybridized carbons (Fsp3) is 0.625. The quantitative estimate of drug-likeness (QED) is 0.828. The molecular formula is C16H21N3O. The van der Waals surface area contributed by atoms with Crippen molar-refractivity contribution in [3.05, 3.63) is 22.9 Å². The number of aromatic nitrogens is 1. The van der Waals surface area contributed by atoms with Crippen molar-refractivity contribution < 1.29 is 4.74 Å². The lowest BCUT2D eigenvalue weighted by atomic mass is 9.95. The van der Waals surface area contributed by atoms with Gasteiger partial charge >= 0.3 is 0 Å². The average Bonchev–Trinajstić information content (AvgIpc) is 2.49. The number of fused-ring (bicyclic) bond motifs is 1. The van der Waals surface area contributed by atoms with E-state index >= 15 is 0 Å². The number of pyridine rings is 1. The van der Waals surface area contributed by atoms with Gasteiger partial charge in [0.25, 0.3) is 0 Å². The molecule has 0 N–H and O–H groups in total. The second kappa shape index (κ2) is 5.80. The summed E-state index contributed by atoms with van der Waals surface area (Å²) in [6, 6.07) is 4.24. The topological polar surface area (TPSA) is 49.1 Å². The Hall–Kier alpha value is -1.60. The summed E-state index contributed by atoms with van der Waals surface area (Å²) in [7, 11) is 2.13. The smallest absolute Gasteiger partial charge is 0.232 e. The maximum atomic E-state index is 9.31. The maximum absolute atomic E-state index is 9.31. The number of rotatable bonds is 2.